The smallest absolute Gasteiger partial charge is 0.276 e. The minimum Gasteiger partial charge on any atom is -0.348 e. The zero-order chi connectivity index (χ0) is 12.4. The Morgan fingerprint density at radius 3 is 2.76 bits per heavy atom. The SMILES string of the molecule is Cc1ccc(NC(=O)c2nc[nH]c2C)c(Br)c1. The molecular weight excluding hydrogens is 282 g/mol. The molecule has 1 aromatic heterocycles. The van der Waals surface area contributed by atoms with E-state index in [2.05, 4.69) is 31.2 Å². The average molecular weight is 294 g/mol. The molecule has 0 radical (unpaired) electrons. The molecule has 1 heterocycles. The number of amides is 1. The van der Waals surface area contributed by atoms with Crippen molar-refractivity contribution < 1.29 is 4.79 Å². The summed E-state index contributed by atoms with van der Waals surface area (Å²) < 4.78 is 0.860. The van der Waals surface area contributed by atoms with Gasteiger partial charge in [-0.25, -0.2) is 4.98 Å². The second-order valence-electron chi connectivity index (χ2n) is 3.81. The average Bonchev–Trinajstić information content (AvgIpc) is 2.68. The van der Waals surface area contributed by atoms with Gasteiger partial charge in [0.15, 0.2) is 0 Å². The predicted molar refractivity (Wildman–Crippen MR) is 70.2 cm³/mol. The van der Waals surface area contributed by atoms with E-state index in [1.54, 1.807) is 0 Å². The lowest BCUT2D eigenvalue weighted by atomic mass is 10.2. The van der Waals surface area contributed by atoms with E-state index in [9.17, 15) is 4.79 Å². The lowest BCUT2D eigenvalue weighted by molar-refractivity contribution is 0.102. The first-order chi connectivity index (χ1) is 8.08. The Morgan fingerprint density at radius 2 is 2.18 bits per heavy atom. The number of hydrogen-bond acceptors (Lipinski definition) is 2. The summed E-state index contributed by atoms with van der Waals surface area (Å²) in [5.41, 5.74) is 3.04. The Balaban J connectivity index is 2.22. The highest BCUT2D eigenvalue weighted by Crippen LogP contribution is 2.23. The number of anilines is 1. The molecule has 2 rings (SSSR count). The van der Waals surface area contributed by atoms with Crippen molar-refractivity contribution in [2.45, 2.75) is 13.8 Å². The van der Waals surface area contributed by atoms with Crippen molar-refractivity contribution in [2.24, 2.45) is 0 Å². The molecule has 5 heteroatoms. The fourth-order valence-corrected chi connectivity index (χ4v) is 2.08. The molecule has 0 aliphatic rings. The molecule has 2 aromatic rings. The molecule has 0 aliphatic heterocycles. The van der Waals surface area contributed by atoms with E-state index >= 15 is 0 Å². The third-order valence-electron chi connectivity index (χ3n) is 2.42. The summed E-state index contributed by atoms with van der Waals surface area (Å²) in [6, 6.07) is 5.75. The minimum absolute atomic E-state index is 0.215. The summed E-state index contributed by atoms with van der Waals surface area (Å²) in [4.78, 5) is 18.8. The van der Waals surface area contributed by atoms with Crippen molar-refractivity contribution in [1.82, 2.24) is 9.97 Å². The first-order valence-corrected chi connectivity index (χ1v) is 5.94. The van der Waals surface area contributed by atoms with Crippen LogP contribution in [-0.2, 0) is 0 Å². The number of halogens is 1. The molecule has 17 heavy (non-hydrogen) atoms. The van der Waals surface area contributed by atoms with E-state index in [1.165, 1.54) is 6.33 Å². The van der Waals surface area contributed by atoms with Gasteiger partial charge in [0.25, 0.3) is 5.91 Å². The summed E-state index contributed by atoms with van der Waals surface area (Å²) >= 11 is 3.41. The van der Waals surface area contributed by atoms with Crippen LogP contribution in [0.2, 0.25) is 0 Å². The van der Waals surface area contributed by atoms with Crippen LogP contribution in [0.3, 0.4) is 0 Å². The highest BCUT2D eigenvalue weighted by molar-refractivity contribution is 9.10. The molecule has 0 atom stereocenters. The highest BCUT2D eigenvalue weighted by atomic mass is 79.9. The number of aromatic nitrogens is 2. The molecule has 4 nitrogen and oxygen atoms in total. The standard InChI is InChI=1S/C12H12BrN3O/c1-7-3-4-10(9(13)5-7)16-12(17)11-8(2)14-6-15-11/h3-6H,1-2H3,(H,14,15)(H,16,17). The van der Waals surface area contributed by atoms with Gasteiger partial charge in [-0.3, -0.25) is 4.79 Å². The second-order valence-corrected chi connectivity index (χ2v) is 4.67. The largest absolute Gasteiger partial charge is 0.348 e. The van der Waals surface area contributed by atoms with Crippen LogP contribution in [0.5, 0.6) is 0 Å². The molecular formula is C12H12BrN3O. The zero-order valence-corrected chi connectivity index (χ0v) is 11.1. The third-order valence-corrected chi connectivity index (χ3v) is 3.07. The van der Waals surface area contributed by atoms with Gasteiger partial charge in [-0.05, 0) is 47.5 Å². The Kier molecular flexibility index (Phi) is 3.28. The number of benzene rings is 1. The maximum atomic E-state index is 11.9. The van der Waals surface area contributed by atoms with Crippen molar-refractivity contribution in [3.63, 3.8) is 0 Å². The quantitative estimate of drug-likeness (QED) is 0.894. The van der Waals surface area contributed by atoms with Crippen molar-refractivity contribution >= 4 is 27.5 Å². The fourth-order valence-electron chi connectivity index (χ4n) is 1.49. The van der Waals surface area contributed by atoms with Crippen LogP contribution in [0.4, 0.5) is 5.69 Å². The maximum absolute atomic E-state index is 11.9. The summed E-state index contributed by atoms with van der Waals surface area (Å²) in [6.07, 6.45) is 1.51. The van der Waals surface area contributed by atoms with Crippen LogP contribution < -0.4 is 5.32 Å². The van der Waals surface area contributed by atoms with Crippen LogP contribution in [0, 0.1) is 13.8 Å². The Morgan fingerprint density at radius 1 is 1.41 bits per heavy atom. The van der Waals surface area contributed by atoms with Crippen molar-refractivity contribution in [2.75, 3.05) is 5.32 Å². The van der Waals surface area contributed by atoms with E-state index in [0.29, 0.717) is 5.69 Å². The van der Waals surface area contributed by atoms with Crippen molar-refractivity contribution in [3.05, 3.63) is 46.0 Å². The number of nitrogens with one attached hydrogen (secondary N) is 2. The van der Waals surface area contributed by atoms with Gasteiger partial charge < -0.3 is 10.3 Å². The van der Waals surface area contributed by atoms with Gasteiger partial charge in [-0.1, -0.05) is 6.07 Å². The second kappa shape index (κ2) is 4.71. The van der Waals surface area contributed by atoms with Gasteiger partial charge >= 0.3 is 0 Å². The monoisotopic (exact) mass is 293 g/mol. The molecule has 0 bridgehead atoms. The van der Waals surface area contributed by atoms with Crippen LogP contribution in [0.15, 0.2) is 29.0 Å². The number of rotatable bonds is 2. The molecule has 88 valence electrons. The lowest BCUT2D eigenvalue weighted by Crippen LogP contribution is -2.14. The zero-order valence-electron chi connectivity index (χ0n) is 9.54. The summed E-state index contributed by atoms with van der Waals surface area (Å²) in [7, 11) is 0. The first-order valence-electron chi connectivity index (χ1n) is 5.15. The van der Waals surface area contributed by atoms with Crippen LogP contribution in [0.1, 0.15) is 21.7 Å². The number of carbonyl (C=O) groups excluding carboxylic acids is 1. The topological polar surface area (TPSA) is 57.8 Å². The normalized spacial score (nSPS) is 10.3. The van der Waals surface area contributed by atoms with Gasteiger partial charge in [-0.2, -0.15) is 0 Å². The van der Waals surface area contributed by atoms with Crippen LogP contribution >= 0.6 is 15.9 Å². The number of nitrogens with zero attached hydrogens (tertiary/aromatic N) is 1. The van der Waals surface area contributed by atoms with Gasteiger partial charge in [-0.15, -0.1) is 0 Å². The van der Waals surface area contributed by atoms with Crippen molar-refractivity contribution in [3.8, 4) is 0 Å². The number of aryl methyl sites for hydroxylation is 2. The summed E-state index contributed by atoms with van der Waals surface area (Å²) in [5.74, 6) is -0.215. The van der Waals surface area contributed by atoms with Gasteiger partial charge in [0, 0.05) is 10.2 Å². The molecule has 0 spiro atoms. The van der Waals surface area contributed by atoms with E-state index in [0.717, 1.165) is 21.4 Å². The van der Waals surface area contributed by atoms with Crippen LogP contribution in [-0.4, -0.2) is 15.9 Å². The Labute approximate surface area is 108 Å². The number of imidazole rings is 1. The van der Waals surface area contributed by atoms with E-state index < -0.39 is 0 Å². The first kappa shape index (κ1) is 11.9. The number of H-pyrrole nitrogens is 1. The molecule has 1 amide bonds. The molecule has 0 aliphatic carbocycles. The molecule has 0 saturated heterocycles. The summed E-state index contributed by atoms with van der Waals surface area (Å²) in [5, 5.41) is 2.81. The minimum atomic E-state index is -0.215. The molecule has 0 unspecified atom stereocenters. The van der Waals surface area contributed by atoms with Crippen LogP contribution in [0.25, 0.3) is 0 Å². The van der Waals surface area contributed by atoms with E-state index in [1.807, 2.05) is 32.0 Å². The Bertz CT molecular complexity index is 563. The van der Waals surface area contributed by atoms with E-state index in [-0.39, 0.29) is 5.91 Å². The van der Waals surface area contributed by atoms with Gasteiger partial charge in [0.1, 0.15) is 5.69 Å². The fraction of sp³-hybridized carbons (Fsp3) is 0.167. The molecule has 2 N–H and O–H groups in total. The number of aromatic amines is 1. The maximum Gasteiger partial charge on any atom is 0.276 e. The third kappa shape index (κ3) is 2.55. The lowest BCUT2D eigenvalue weighted by Gasteiger charge is -2.07. The Hall–Kier alpha value is -1.62. The predicted octanol–water partition coefficient (Wildman–Crippen LogP) is 3.04. The molecule has 0 fully saturated rings. The van der Waals surface area contributed by atoms with Gasteiger partial charge in [0.05, 0.1) is 12.0 Å². The van der Waals surface area contributed by atoms with E-state index in [4.69, 9.17) is 0 Å². The summed E-state index contributed by atoms with van der Waals surface area (Å²) in [6.45, 7) is 3.81. The number of hydrogen-bond donors (Lipinski definition) is 2. The molecule has 1 aromatic carbocycles. The van der Waals surface area contributed by atoms with Gasteiger partial charge in [0.2, 0.25) is 0 Å². The van der Waals surface area contributed by atoms with Crippen molar-refractivity contribution in [1.29, 1.82) is 0 Å². The molecule has 0 saturated carbocycles. The highest BCUT2D eigenvalue weighted by Gasteiger charge is 2.12. The number of carbonyl (C=O) groups is 1.